The number of carbonyl (C=O) groups is 4. The quantitative estimate of drug-likeness (QED) is 0.411. The fourth-order valence-corrected chi connectivity index (χ4v) is 2.31. The van der Waals surface area contributed by atoms with Crippen molar-refractivity contribution in [2.24, 2.45) is 0 Å². The van der Waals surface area contributed by atoms with E-state index < -0.39 is 12.0 Å². The Morgan fingerprint density at radius 2 is 2.04 bits per heavy atom. The summed E-state index contributed by atoms with van der Waals surface area (Å²) in [6.07, 6.45) is 1.81. The molecule has 25 heavy (non-hydrogen) atoms. The first-order valence-electron chi connectivity index (χ1n) is 8.12. The molecule has 0 atom stereocenters. The Balaban J connectivity index is 1.97. The predicted octanol–water partition coefficient (Wildman–Crippen LogP) is 0.812. The van der Waals surface area contributed by atoms with Crippen molar-refractivity contribution in [2.45, 2.75) is 26.3 Å². The first-order chi connectivity index (χ1) is 12.0. The number of carbonyl (C=O) groups excluding carboxylic acids is 4. The Morgan fingerprint density at radius 1 is 1.28 bits per heavy atom. The second-order valence-corrected chi connectivity index (χ2v) is 5.58. The molecule has 2 N–H and O–H groups in total. The van der Waals surface area contributed by atoms with Crippen LogP contribution in [0.25, 0.3) is 0 Å². The fraction of sp³-hybridized carbons (Fsp3) is 0.412. The van der Waals surface area contributed by atoms with Crippen molar-refractivity contribution in [1.29, 1.82) is 0 Å². The summed E-state index contributed by atoms with van der Waals surface area (Å²) in [6.45, 7) is 2.09. The maximum Gasteiger partial charge on any atom is 0.338 e. The molecular formula is C17H21N3O5. The second-order valence-electron chi connectivity index (χ2n) is 5.58. The molecule has 8 nitrogen and oxygen atoms in total. The minimum atomic E-state index is -0.673. The highest BCUT2D eigenvalue weighted by Gasteiger charge is 2.29. The van der Waals surface area contributed by atoms with Crippen LogP contribution >= 0.6 is 0 Å². The molecule has 1 fully saturated rings. The molecule has 1 aromatic rings. The normalized spacial score (nSPS) is 13.6. The minimum Gasteiger partial charge on any atom is -0.452 e. The van der Waals surface area contributed by atoms with Gasteiger partial charge in [-0.05, 0) is 18.1 Å². The van der Waals surface area contributed by atoms with Gasteiger partial charge in [-0.2, -0.15) is 0 Å². The highest BCUT2D eigenvalue weighted by atomic mass is 16.5. The van der Waals surface area contributed by atoms with E-state index in [0.29, 0.717) is 12.1 Å². The zero-order valence-corrected chi connectivity index (χ0v) is 14.0. The van der Waals surface area contributed by atoms with Gasteiger partial charge in [0.15, 0.2) is 6.61 Å². The summed E-state index contributed by atoms with van der Waals surface area (Å²) < 4.78 is 5.02. The van der Waals surface area contributed by atoms with Gasteiger partial charge < -0.3 is 15.4 Å². The van der Waals surface area contributed by atoms with Gasteiger partial charge in [0.25, 0.3) is 5.91 Å². The summed E-state index contributed by atoms with van der Waals surface area (Å²) in [6, 6.07) is 6.01. The SMILES string of the molecule is CCCCNC(=O)COC(=O)c1ccccc1CN1C(=O)CNC1=O. The zero-order valence-electron chi connectivity index (χ0n) is 14.0. The summed E-state index contributed by atoms with van der Waals surface area (Å²) >= 11 is 0. The highest BCUT2D eigenvalue weighted by molar-refractivity contribution is 6.02. The van der Waals surface area contributed by atoms with Gasteiger partial charge in [-0.3, -0.25) is 14.5 Å². The Kier molecular flexibility index (Phi) is 6.50. The lowest BCUT2D eigenvalue weighted by Crippen LogP contribution is -2.31. The largest absolute Gasteiger partial charge is 0.452 e. The van der Waals surface area contributed by atoms with Gasteiger partial charge in [0.05, 0.1) is 18.7 Å². The van der Waals surface area contributed by atoms with Crippen molar-refractivity contribution >= 4 is 23.8 Å². The van der Waals surface area contributed by atoms with Gasteiger partial charge in [-0.1, -0.05) is 31.5 Å². The predicted molar refractivity (Wildman–Crippen MR) is 88.6 cm³/mol. The topological polar surface area (TPSA) is 105 Å². The smallest absolute Gasteiger partial charge is 0.338 e. The van der Waals surface area contributed by atoms with Crippen LogP contribution in [0.4, 0.5) is 4.79 Å². The van der Waals surface area contributed by atoms with E-state index in [1.54, 1.807) is 18.2 Å². The van der Waals surface area contributed by atoms with Crippen LogP contribution in [-0.2, 0) is 20.9 Å². The van der Waals surface area contributed by atoms with Gasteiger partial charge in [-0.25, -0.2) is 9.59 Å². The molecule has 0 aromatic heterocycles. The number of nitrogens with one attached hydrogen (secondary N) is 2. The third kappa shape index (κ3) is 5.03. The maximum absolute atomic E-state index is 12.2. The number of rotatable bonds is 8. The number of ether oxygens (including phenoxy) is 1. The average molecular weight is 347 g/mol. The van der Waals surface area contributed by atoms with E-state index in [2.05, 4.69) is 10.6 Å². The van der Waals surface area contributed by atoms with Crippen LogP contribution in [0.3, 0.4) is 0 Å². The van der Waals surface area contributed by atoms with Crippen molar-refractivity contribution < 1.29 is 23.9 Å². The average Bonchev–Trinajstić information content (AvgIpc) is 2.92. The summed E-state index contributed by atoms with van der Waals surface area (Å²) in [5, 5.41) is 5.07. The molecule has 0 aliphatic carbocycles. The fourth-order valence-electron chi connectivity index (χ4n) is 2.31. The van der Waals surface area contributed by atoms with E-state index in [1.807, 2.05) is 6.92 Å². The Labute approximate surface area is 145 Å². The number of esters is 1. The molecule has 0 radical (unpaired) electrons. The number of hydrogen-bond acceptors (Lipinski definition) is 5. The molecule has 4 amide bonds. The van der Waals surface area contributed by atoms with E-state index >= 15 is 0 Å². The zero-order chi connectivity index (χ0) is 18.2. The number of urea groups is 1. The van der Waals surface area contributed by atoms with Crippen LogP contribution in [0, 0.1) is 0 Å². The van der Waals surface area contributed by atoms with E-state index in [-0.39, 0.29) is 37.1 Å². The molecule has 1 aliphatic rings. The summed E-state index contributed by atoms with van der Waals surface area (Å²) in [4.78, 5) is 48.2. The molecule has 0 bridgehead atoms. The third-order valence-corrected chi connectivity index (χ3v) is 3.69. The number of amides is 4. The molecule has 1 heterocycles. The van der Waals surface area contributed by atoms with Crippen LogP contribution in [0.5, 0.6) is 0 Å². The van der Waals surface area contributed by atoms with Gasteiger partial charge in [0.2, 0.25) is 5.91 Å². The summed E-state index contributed by atoms with van der Waals surface area (Å²) in [7, 11) is 0. The summed E-state index contributed by atoms with van der Waals surface area (Å²) in [5.41, 5.74) is 0.695. The van der Waals surface area contributed by atoms with E-state index in [0.717, 1.165) is 17.7 Å². The first kappa shape index (κ1) is 18.4. The molecule has 8 heteroatoms. The number of imide groups is 1. The standard InChI is InChI=1S/C17H21N3O5/c1-2-3-8-18-14(21)11-25-16(23)13-7-5-4-6-12(13)10-20-15(22)9-19-17(20)24/h4-7H,2-3,8-11H2,1H3,(H,18,21)(H,19,24). The monoisotopic (exact) mass is 347 g/mol. The Hall–Kier alpha value is -2.90. The molecule has 0 unspecified atom stereocenters. The van der Waals surface area contributed by atoms with Crippen LogP contribution in [0.2, 0.25) is 0 Å². The molecule has 1 saturated heterocycles. The number of nitrogens with zero attached hydrogens (tertiary/aromatic N) is 1. The van der Waals surface area contributed by atoms with Crippen molar-refractivity contribution in [2.75, 3.05) is 19.7 Å². The molecular weight excluding hydrogens is 326 g/mol. The second kappa shape index (κ2) is 8.81. The Morgan fingerprint density at radius 3 is 2.72 bits per heavy atom. The van der Waals surface area contributed by atoms with Crippen LogP contribution < -0.4 is 10.6 Å². The Bertz CT molecular complexity index is 658. The summed E-state index contributed by atoms with van der Waals surface area (Å²) in [5.74, 6) is -1.40. The van der Waals surface area contributed by atoms with Crippen LogP contribution in [0.15, 0.2) is 24.3 Å². The van der Waals surface area contributed by atoms with Crippen LogP contribution in [0.1, 0.15) is 35.7 Å². The first-order valence-corrected chi connectivity index (χ1v) is 8.12. The molecule has 1 aromatic carbocycles. The van der Waals surface area contributed by atoms with Gasteiger partial charge in [0, 0.05) is 6.54 Å². The molecule has 0 spiro atoms. The molecule has 134 valence electrons. The molecule has 1 aliphatic heterocycles. The van der Waals surface area contributed by atoms with Gasteiger partial charge in [-0.15, -0.1) is 0 Å². The third-order valence-electron chi connectivity index (χ3n) is 3.69. The van der Waals surface area contributed by atoms with E-state index in [9.17, 15) is 19.2 Å². The molecule has 0 saturated carbocycles. The van der Waals surface area contributed by atoms with E-state index in [1.165, 1.54) is 6.07 Å². The van der Waals surface area contributed by atoms with Crippen molar-refractivity contribution in [3.63, 3.8) is 0 Å². The highest BCUT2D eigenvalue weighted by Crippen LogP contribution is 2.15. The number of unbranched alkanes of at least 4 members (excludes halogenated alkanes) is 1. The lowest BCUT2D eigenvalue weighted by molar-refractivity contribution is -0.125. The molecule has 2 rings (SSSR count). The van der Waals surface area contributed by atoms with Crippen molar-refractivity contribution in [3.05, 3.63) is 35.4 Å². The maximum atomic E-state index is 12.2. The number of benzene rings is 1. The lowest BCUT2D eigenvalue weighted by Gasteiger charge is -2.15. The van der Waals surface area contributed by atoms with E-state index in [4.69, 9.17) is 4.74 Å². The van der Waals surface area contributed by atoms with Gasteiger partial charge >= 0.3 is 12.0 Å². The minimum absolute atomic E-state index is 0.0291. The van der Waals surface area contributed by atoms with Crippen LogP contribution in [-0.4, -0.2) is 48.4 Å². The van der Waals surface area contributed by atoms with Crippen molar-refractivity contribution in [1.82, 2.24) is 15.5 Å². The lowest BCUT2D eigenvalue weighted by atomic mass is 10.1. The van der Waals surface area contributed by atoms with Crippen molar-refractivity contribution in [3.8, 4) is 0 Å². The number of hydrogen-bond donors (Lipinski definition) is 2. The van der Waals surface area contributed by atoms with Gasteiger partial charge in [0.1, 0.15) is 0 Å².